The number of amides is 1. The van der Waals surface area contributed by atoms with E-state index in [-0.39, 0.29) is 10.6 Å². The van der Waals surface area contributed by atoms with E-state index in [9.17, 15) is 13.2 Å². The first-order valence-electron chi connectivity index (χ1n) is 11.8. The molecule has 180 valence electrons. The highest BCUT2D eigenvalue weighted by Gasteiger charge is 2.29. The first-order valence-corrected chi connectivity index (χ1v) is 13.3. The van der Waals surface area contributed by atoms with Crippen LogP contribution in [0.1, 0.15) is 36.5 Å². The lowest BCUT2D eigenvalue weighted by molar-refractivity contribution is 0.102. The summed E-state index contributed by atoms with van der Waals surface area (Å²) in [4.78, 5) is 18.4. The third-order valence-electron chi connectivity index (χ3n) is 6.29. The molecule has 0 radical (unpaired) electrons. The number of aryl methyl sites for hydroxylation is 1. The molecule has 1 aliphatic rings. The molecule has 1 N–H and O–H groups in total. The summed E-state index contributed by atoms with van der Waals surface area (Å²) < 4.78 is 30.0. The summed E-state index contributed by atoms with van der Waals surface area (Å²) in [6.07, 6.45) is 4.34. The first-order chi connectivity index (χ1) is 17.0. The number of pyridine rings is 1. The highest BCUT2D eigenvalue weighted by molar-refractivity contribution is 7.89. The Kier molecular flexibility index (Phi) is 6.36. The van der Waals surface area contributed by atoms with Gasteiger partial charge in [-0.15, -0.1) is 0 Å². The lowest BCUT2D eigenvalue weighted by atomic mass is 10.1. The van der Waals surface area contributed by atoms with Crippen LogP contribution in [0.3, 0.4) is 0 Å². The van der Waals surface area contributed by atoms with Crippen molar-refractivity contribution < 1.29 is 13.2 Å². The molecule has 4 aromatic rings. The fraction of sp³-hybridized carbons (Fsp3) is 0.269. The van der Waals surface area contributed by atoms with E-state index < -0.39 is 15.9 Å². The molecule has 0 saturated carbocycles. The Morgan fingerprint density at radius 2 is 1.71 bits per heavy atom. The van der Waals surface area contributed by atoms with E-state index in [0.717, 1.165) is 24.8 Å². The molecule has 9 heteroatoms. The van der Waals surface area contributed by atoms with E-state index in [1.165, 1.54) is 4.31 Å². The smallest absolute Gasteiger partial charge is 0.256 e. The summed E-state index contributed by atoms with van der Waals surface area (Å²) >= 11 is 0. The maximum Gasteiger partial charge on any atom is 0.256 e. The van der Waals surface area contributed by atoms with Gasteiger partial charge < -0.3 is 5.32 Å². The van der Waals surface area contributed by atoms with Crippen molar-refractivity contribution in [1.82, 2.24) is 19.1 Å². The standard InChI is InChI=1S/C26H27N5O3S/c1-2-31-25-21(18-27-31)20(17-23(28-25)19-11-5-3-6-12-19)26(32)29-22-13-7-8-14-24(22)35(33,34)30-15-9-4-10-16-30/h3,5-8,11-14,17-18H,2,4,9-10,15-16H2,1H3,(H,29,32). The van der Waals surface area contributed by atoms with E-state index in [0.29, 0.717) is 41.9 Å². The van der Waals surface area contributed by atoms with Gasteiger partial charge in [-0.1, -0.05) is 48.9 Å². The fourth-order valence-corrected chi connectivity index (χ4v) is 6.12. The van der Waals surface area contributed by atoms with Crippen molar-refractivity contribution in [3.05, 3.63) is 72.4 Å². The number of rotatable bonds is 6. The van der Waals surface area contributed by atoms with Crippen LogP contribution in [0.4, 0.5) is 5.69 Å². The third kappa shape index (κ3) is 4.44. The Labute approximate surface area is 204 Å². The van der Waals surface area contributed by atoms with Gasteiger partial charge in [0.2, 0.25) is 10.0 Å². The maximum absolute atomic E-state index is 13.6. The van der Waals surface area contributed by atoms with Gasteiger partial charge >= 0.3 is 0 Å². The number of nitrogens with zero attached hydrogens (tertiary/aromatic N) is 4. The Hall–Kier alpha value is -3.56. The molecule has 2 aromatic carbocycles. The minimum absolute atomic E-state index is 0.105. The number of anilines is 1. The molecule has 3 heterocycles. The molecule has 0 unspecified atom stereocenters. The zero-order chi connectivity index (χ0) is 24.4. The number of nitrogens with one attached hydrogen (secondary N) is 1. The van der Waals surface area contributed by atoms with Crippen LogP contribution in [0.15, 0.2) is 71.8 Å². The van der Waals surface area contributed by atoms with Gasteiger partial charge in [-0.05, 0) is 38.0 Å². The number of piperidine rings is 1. The Bertz CT molecular complexity index is 1480. The predicted octanol–water partition coefficient (Wildman–Crippen LogP) is 4.55. The summed E-state index contributed by atoms with van der Waals surface area (Å²) in [6.45, 7) is 3.55. The SMILES string of the molecule is CCn1ncc2c(C(=O)Nc3ccccc3S(=O)(=O)N3CCCCC3)cc(-c3ccccc3)nc21. The second-order valence-corrected chi connectivity index (χ2v) is 10.4. The molecule has 2 aromatic heterocycles. The lowest BCUT2D eigenvalue weighted by Gasteiger charge is -2.26. The van der Waals surface area contributed by atoms with Crippen molar-refractivity contribution in [3.63, 3.8) is 0 Å². The number of benzene rings is 2. The quantitative estimate of drug-likeness (QED) is 0.429. The average Bonchev–Trinajstić information content (AvgIpc) is 3.32. The first kappa shape index (κ1) is 23.2. The fourth-order valence-electron chi connectivity index (χ4n) is 4.45. The minimum atomic E-state index is -3.72. The van der Waals surface area contributed by atoms with Crippen LogP contribution in [0.5, 0.6) is 0 Å². The highest BCUT2D eigenvalue weighted by atomic mass is 32.2. The number of aromatic nitrogens is 3. The monoisotopic (exact) mass is 489 g/mol. The van der Waals surface area contributed by atoms with Gasteiger partial charge in [-0.3, -0.25) is 4.79 Å². The van der Waals surface area contributed by atoms with Gasteiger partial charge in [0.05, 0.1) is 28.5 Å². The van der Waals surface area contributed by atoms with Crippen molar-refractivity contribution in [2.45, 2.75) is 37.6 Å². The molecule has 0 atom stereocenters. The second kappa shape index (κ2) is 9.59. The Balaban J connectivity index is 1.56. The van der Waals surface area contributed by atoms with Crippen LogP contribution in [0, 0.1) is 0 Å². The second-order valence-electron chi connectivity index (χ2n) is 8.53. The number of carbonyl (C=O) groups excluding carboxylic acids is 1. The summed E-state index contributed by atoms with van der Waals surface area (Å²) in [7, 11) is -3.72. The normalized spacial score (nSPS) is 14.8. The number of fused-ring (bicyclic) bond motifs is 1. The topological polar surface area (TPSA) is 97.2 Å². The van der Waals surface area contributed by atoms with Crippen molar-refractivity contribution in [3.8, 4) is 11.3 Å². The summed E-state index contributed by atoms with van der Waals surface area (Å²) in [5.41, 5.74) is 2.78. The molecule has 0 spiro atoms. The Morgan fingerprint density at radius 1 is 1.00 bits per heavy atom. The summed E-state index contributed by atoms with van der Waals surface area (Å²) in [6, 6.07) is 17.9. The Morgan fingerprint density at radius 3 is 2.46 bits per heavy atom. The predicted molar refractivity (Wildman–Crippen MR) is 136 cm³/mol. The van der Waals surface area contributed by atoms with Crippen LogP contribution in [-0.2, 0) is 16.6 Å². The minimum Gasteiger partial charge on any atom is -0.321 e. The molecule has 1 aliphatic heterocycles. The third-order valence-corrected chi connectivity index (χ3v) is 8.25. The molecule has 35 heavy (non-hydrogen) atoms. The highest BCUT2D eigenvalue weighted by Crippen LogP contribution is 2.29. The van der Waals surface area contributed by atoms with Crippen LogP contribution < -0.4 is 5.32 Å². The number of hydrogen-bond acceptors (Lipinski definition) is 5. The van der Waals surface area contributed by atoms with Crippen molar-refractivity contribution in [1.29, 1.82) is 0 Å². The van der Waals surface area contributed by atoms with Gasteiger partial charge in [0.15, 0.2) is 5.65 Å². The van der Waals surface area contributed by atoms with Gasteiger partial charge in [0.1, 0.15) is 4.90 Å². The van der Waals surface area contributed by atoms with E-state index in [2.05, 4.69) is 10.4 Å². The molecular weight excluding hydrogens is 462 g/mol. The van der Waals surface area contributed by atoms with Gasteiger partial charge in [-0.2, -0.15) is 9.40 Å². The average molecular weight is 490 g/mol. The molecule has 1 saturated heterocycles. The van der Waals surface area contributed by atoms with Crippen molar-refractivity contribution in [2.24, 2.45) is 0 Å². The van der Waals surface area contributed by atoms with Crippen molar-refractivity contribution in [2.75, 3.05) is 18.4 Å². The molecule has 5 rings (SSSR count). The summed E-state index contributed by atoms with van der Waals surface area (Å²) in [5, 5.41) is 7.86. The van der Waals surface area contributed by atoms with Gasteiger partial charge in [0, 0.05) is 25.2 Å². The number of para-hydroxylation sites is 1. The largest absolute Gasteiger partial charge is 0.321 e. The van der Waals surface area contributed by atoms with Crippen LogP contribution in [0.2, 0.25) is 0 Å². The zero-order valence-electron chi connectivity index (χ0n) is 19.5. The van der Waals surface area contributed by atoms with Crippen LogP contribution in [0.25, 0.3) is 22.3 Å². The molecular formula is C26H27N5O3S. The van der Waals surface area contributed by atoms with Crippen LogP contribution in [-0.4, -0.2) is 46.5 Å². The number of sulfonamides is 1. The van der Waals surface area contributed by atoms with Crippen molar-refractivity contribution >= 4 is 32.7 Å². The van der Waals surface area contributed by atoms with Gasteiger partial charge in [0.25, 0.3) is 5.91 Å². The molecule has 0 aliphatic carbocycles. The lowest BCUT2D eigenvalue weighted by Crippen LogP contribution is -2.36. The molecule has 8 nitrogen and oxygen atoms in total. The van der Waals surface area contributed by atoms with E-state index in [4.69, 9.17) is 4.98 Å². The van der Waals surface area contributed by atoms with E-state index >= 15 is 0 Å². The number of hydrogen-bond donors (Lipinski definition) is 1. The maximum atomic E-state index is 13.6. The zero-order valence-corrected chi connectivity index (χ0v) is 20.3. The van der Waals surface area contributed by atoms with Gasteiger partial charge in [-0.25, -0.2) is 18.1 Å². The number of carbonyl (C=O) groups is 1. The molecule has 0 bridgehead atoms. The molecule has 1 amide bonds. The van der Waals surface area contributed by atoms with E-state index in [1.807, 2.05) is 37.3 Å². The summed E-state index contributed by atoms with van der Waals surface area (Å²) in [5.74, 6) is -0.411. The van der Waals surface area contributed by atoms with Crippen LogP contribution >= 0.6 is 0 Å². The van der Waals surface area contributed by atoms with E-state index in [1.54, 1.807) is 41.2 Å². The molecule has 1 fully saturated rings.